The van der Waals surface area contributed by atoms with Gasteiger partial charge in [-0.2, -0.15) is 0 Å². The predicted octanol–water partition coefficient (Wildman–Crippen LogP) is 2.61. The first kappa shape index (κ1) is 16.4. The van der Waals surface area contributed by atoms with Gasteiger partial charge >= 0.3 is 0 Å². The Bertz CT molecular complexity index is 475. The molecule has 0 aliphatic carbocycles. The summed E-state index contributed by atoms with van der Waals surface area (Å²) >= 11 is 4.89. The summed E-state index contributed by atoms with van der Waals surface area (Å²) in [5.41, 5.74) is 6.10. The molecule has 0 spiro atoms. The summed E-state index contributed by atoms with van der Waals surface area (Å²) in [7, 11) is 0. The summed E-state index contributed by atoms with van der Waals surface area (Å²) < 4.78 is 5.52. The molecule has 0 aliphatic heterocycles. The molecule has 4 nitrogen and oxygen atoms in total. The van der Waals surface area contributed by atoms with Crippen molar-refractivity contribution < 1.29 is 9.53 Å². The molecule has 0 saturated heterocycles. The van der Waals surface area contributed by atoms with Gasteiger partial charge in [0.1, 0.15) is 5.75 Å². The SMILES string of the molecule is CCOc1ccccc1C(=O)N(CCC(N)=S)C(C)C. The molecule has 0 bridgehead atoms. The number of carbonyl (C=O) groups excluding carboxylic acids is 1. The Balaban J connectivity index is 2.97. The largest absolute Gasteiger partial charge is 0.493 e. The lowest BCUT2D eigenvalue weighted by Crippen LogP contribution is -2.39. The van der Waals surface area contributed by atoms with Crippen molar-refractivity contribution in [3.63, 3.8) is 0 Å². The number of rotatable bonds is 7. The molecule has 0 saturated carbocycles. The molecule has 110 valence electrons. The number of amides is 1. The average molecular weight is 294 g/mol. The van der Waals surface area contributed by atoms with Crippen LogP contribution in [0.15, 0.2) is 24.3 Å². The van der Waals surface area contributed by atoms with E-state index in [1.54, 1.807) is 11.0 Å². The van der Waals surface area contributed by atoms with E-state index in [-0.39, 0.29) is 11.9 Å². The first-order valence-corrected chi connectivity index (χ1v) is 7.19. The number of nitrogens with zero attached hydrogens (tertiary/aromatic N) is 1. The lowest BCUT2D eigenvalue weighted by molar-refractivity contribution is 0.0707. The maximum atomic E-state index is 12.7. The summed E-state index contributed by atoms with van der Waals surface area (Å²) in [4.78, 5) is 14.8. The minimum atomic E-state index is -0.0553. The molecule has 2 N–H and O–H groups in total. The van der Waals surface area contributed by atoms with Crippen molar-refractivity contribution in [2.75, 3.05) is 13.2 Å². The smallest absolute Gasteiger partial charge is 0.257 e. The highest BCUT2D eigenvalue weighted by Crippen LogP contribution is 2.21. The highest BCUT2D eigenvalue weighted by atomic mass is 32.1. The first-order valence-electron chi connectivity index (χ1n) is 6.78. The fraction of sp³-hybridized carbons (Fsp3) is 0.467. The molecule has 0 fully saturated rings. The molecule has 1 rings (SSSR count). The average Bonchev–Trinajstić information content (AvgIpc) is 2.39. The second kappa shape index (κ2) is 7.85. The number of benzene rings is 1. The van der Waals surface area contributed by atoms with E-state index in [4.69, 9.17) is 22.7 Å². The molecule has 0 aliphatic rings. The second-order valence-corrected chi connectivity index (χ2v) is 5.26. The molecule has 1 amide bonds. The van der Waals surface area contributed by atoms with Gasteiger partial charge in [0, 0.05) is 19.0 Å². The Morgan fingerprint density at radius 2 is 2.05 bits per heavy atom. The van der Waals surface area contributed by atoms with Crippen molar-refractivity contribution in [3.8, 4) is 5.75 Å². The highest BCUT2D eigenvalue weighted by molar-refractivity contribution is 7.80. The maximum absolute atomic E-state index is 12.7. The summed E-state index contributed by atoms with van der Waals surface area (Å²) in [5.74, 6) is 0.557. The Kier molecular flexibility index (Phi) is 6.45. The Morgan fingerprint density at radius 3 is 2.60 bits per heavy atom. The van der Waals surface area contributed by atoms with Gasteiger partial charge in [-0.1, -0.05) is 24.4 Å². The van der Waals surface area contributed by atoms with Crippen LogP contribution in [-0.4, -0.2) is 35.0 Å². The van der Waals surface area contributed by atoms with Gasteiger partial charge in [-0.05, 0) is 32.9 Å². The predicted molar refractivity (Wildman–Crippen MR) is 85.2 cm³/mol. The molecular weight excluding hydrogens is 272 g/mol. The van der Waals surface area contributed by atoms with E-state index in [2.05, 4.69) is 0 Å². The third-order valence-electron chi connectivity index (χ3n) is 2.90. The normalized spacial score (nSPS) is 10.4. The van der Waals surface area contributed by atoms with E-state index >= 15 is 0 Å². The fourth-order valence-electron chi connectivity index (χ4n) is 1.90. The lowest BCUT2D eigenvalue weighted by atomic mass is 10.1. The molecule has 0 radical (unpaired) electrons. The van der Waals surface area contributed by atoms with Crippen LogP contribution in [0.2, 0.25) is 0 Å². The van der Waals surface area contributed by atoms with Crippen molar-refractivity contribution in [1.82, 2.24) is 4.90 Å². The summed E-state index contributed by atoms with van der Waals surface area (Å²) in [6, 6.07) is 7.36. The van der Waals surface area contributed by atoms with Gasteiger partial charge in [0.2, 0.25) is 0 Å². The third kappa shape index (κ3) is 4.49. The second-order valence-electron chi connectivity index (χ2n) is 4.74. The van der Waals surface area contributed by atoms with Gasteiger partial charge in [0.15, 0.2) is 0 Å². The quantitative estimate of drug-likeness (QED) is 0.785. The van der Waals surface area contributed by atoms with Gasteiger partial charge in [-0.15, -0.1) is 0 Å². The van der Waals surface area contributed by atoms with Crippen LogP contribution in [0, 0.1) is 0 Å². The topological polar surface area (TPSA) is 55.6 Å². The number of hydrogen-bond donors (Lipinski definition) is 1. The van der Waals surface area contributed by atoms with Crippen molar-refractivity contribution >= 4 is 23.1 Å². The monoisotopic (exact) mass is 294 g/mol. The third-order valence-corrected chi connectivity index (χ3v) is 3.10. The van der Waals surface area contributed by atoms with Gasteiger partial charge in [0.25, 0.3) is 5.91 Å². The number of ether oxygens (including phenoxy) is 1. The van der Waals surface area contributed by atoms with Crippen LogP contribution in [0.4, 0.5) is 0 Å². The Morgan fingerprint density at radius 1 is 1.40 bits per heavy atom. The molecule has 0 heterocycles. The molecule has 0 unspecified atom stereocenters. The van der Waals surface area contributed by atoms with Crippen LogP contribution in [0.3, 0.4) is 0 Å². The van der Waals surface area contributed by atoms with Crippen LogP contribution in [-0.2, 0) is 0 Å². The van der Waals surface area contributed by atoms with Gasteiger partial charge < -0.3 is 15.4 Å². The molecule has 5 heteroatoms. The minimum Gasteiger partial charge on any atom is -0.493 e. The minimum absolute atomic E-state index is 0.0553. The van der Waals surface area contributed by atoms with Crippen LogP contribution in [0.5, 0.6) is 5.75 Å². The van der Waals surface area contributed by atoms with E-state index in [0.717, 1.165) is 0 Å². The van der Waals surface area contributed by atoms with E-state index < -0.39 is 0 Å². The van der Waals surface area contributed by atoms with Gasteiger partial charge in [-0.3, -0.25) is 4.79 Å². The zero-order valence-corrected chi connectivity index (χ0v) is 13.1. The van der Waals surface area contributed by atoms with E-state index in [0.29, 0.717) is 35.9 Å². The highest BCUT2D eigenvalue weighted by Gasteiger charge is 2.21. The van der Waals surface area contributed by atoms with Crippen molar-refractivity contribution in [2.45, 2.75) is 33.2 Å². The number of hydrogen-bond acceptors (Lipinski definition) is 3. The number of para-hydroxylation sites is 1. The van der Waals surface area contributed by atoms with Crippen molar-refractivity contribution in [3.05, 3.63) is 29.8 Å². The zero-order chi connectivity index (χ0) is 15.1. The van der Waals surface area contributed by atoms with Crippen molar-refractivity contribution in [2.24, 2.45) is 5.73 Å². The summed E-state index contributed by atoms with van der Waals surface area (Å²) in [6.07, 6.45) is 0.524. The van der Waals surface area contributed by atoms with Crippen LogP contribution >= 0.6 is 12.2 Å². The number of nitrogens with two attached hydrogens (primary N) is 1. The van der Waals surface area contributed by atoms with Gasteiger partial charge in [-0.25, -0.2) is 0 Å². The molecule has 20 heavy (non-hydrogen) atoms. The van der Waals surface area contributed by atoms with Gasteiger partial charge in [0.05, 0.1) is 17.2 Å². The summed E-state index contributed by atoms with van der Waals surface area (Å²) in [5, 5.41) is 0. The number of thiocarbonyl (C=S) groups is 1. The summed E-state index contributed by atoms with van der Waals surface area (Å²) in [6.45, 7) is 6.89. The maximum Gasteiger partial charge on any atom is 0.257 e. The molecule has 0 atom stereocenters. The first-order chi connectivity index (χ1) is 9.47. The zero-order valence-electron chi connectivity index (χ0n) is 12.3. The van der Waals surface area contributed by atoms with Crippen molar-refractivity contribution in [1.29, 1.82) is 0 Å². The fourth-order valence-corrected chi connectivity index (χ4v) is 2.00. The lowest BCUT2D eigenvalue weighted by Gasteiger charge is -2.27. The standard InChI is InChI=1S/C15H22N2O2S/c1-4-19-13-8-6-5-7-12(13)15(18)17(11(2)3)10-9-14(16)20/h5-8,11H,4,9-10H2,1-3H3,(H2,16,20). The molecular formula is C15H22N2O2S. The van der Waals surface area contributed by atoms with E-state index in [1.807, 2.05) is 39.0 Å². The Hall–Kier alpha value is -1.62. The number of carbonyl (C=O) groups is 1. The molecule has 0 aromatic heterocycles. The van der Waals surface area contributed by atoms with Crippen LogP contribution in [0.25, 0.3) is 0 Å². The van der Waals surface area contributed by atoms with Crippen LogP contribution in [0.1, 0.15) is 37.6 Å². The van der Waals surface area contributed by atoms with E-state index in [9.17, 15) is 4.79 Å². The van der Waals surface area contributed by atoms with Crippen LogP contribution < -0.4 is 10.5 Å². The van der Waals surface area contributed by atoms with E-state index in [1.165, 1.54) is 0 Å². The molecule has 1 aromatic rings. The molecule has 1 aromatic carbocycles. The Labute approximate surface area is 125 Å².